The summed E-state index contributed by atoms with van der Waals surface area (Å²) in [5.74, 6) is 0.902. The van der Waals surface area contributed by atoms with E-state index in [1.807, 2.05) is 17.6 Å². The lowest BCUT2D eigenvalue weighted by Gasteiger charge is -2.08. The van der Waals surface area contributed by atoms with Gasteiger partial charge in [-0.2, -0.15) is 0 Å². The molecule has 5 heteroatoms. The fourth-order valence-electron chi connectivity index (χ4n) is 1.19. The number of anilines is 1. The molecule has 1 unspecified atom stereocenters. The third-order valence-corrected chi connectivity index (χ3v) is 2.97. The van der Waals surface area contributed by atoms with Crippen molar-refractivity contribution in [2.24, 2.45) is 0 Å². The van der Waals surface area contributed by atoms with Crippen molar-refractivity contribution in [3.05, 3.63) is 23.8 Å². The predicted molar refractivity (Wildman–Crippen MR) is 62.6 cm³/mol. The molecule has 0 aromatic carbocycles. The number of hydrogen-bond acceptors (Lipinski definition) is 4. The van der Waals surface area contributed by atoms with Crippen molar-refractivity contribution in [2.45, 2.75) is 26.3 Å². The first-order chi connectivity index (χ1) is 7.29. The minimum absolute atomic E-state index is 0.449. The van der Waals surface area contributed by atoms with Crippen LogP contribution in [0.25, 0.3) is 5.13 Å². The van der Waals surface area contributed by atoms with E-state index in [-0.39, 0.29) is 0 Å². The van der Waals surface area contributed by atoms with Gasteiger partial charge in [0.2, 0.25) is 5.13 Å². The molecule has 2 rings (SSSR count). The maximum absolute atomic E-state index is 4.39. The first kappa shape index (κ1) is 10.2. The standard InChI is InChI=1S/C10H14N4S/c1-3-8(2)12-9-4-6-14(13-9)10-11-5-7-15-10/h4-8H,3H2,1-2H3,(H,12,13). The summed E-state index contributed by atoms with van der Waals surface area (Å²) in [5, 5.41) is 10.6. The van der Waals surface area contributed by atoms with Crippen molar-refractivity contribution in [1.29, 1.82) is 0 Å². The van der Waals surface area contributed by atoms with E-state index in [4.69, 9.17) is 0 Å². The lowest BCUT2D eigenvalue weighted by molar-refractivity contribution is 0.752. The minimum Gasteiger partial charge on any atom is -0.366 e. The zero-order chi connectivity index (χ0) is 10.7. The average Bonchev–Trinajstić information content (AvgIpc) is 2.85. The normalized spacial score (nSPS) is 12.7. The smallest absolute Gasteiger partial charge is 0.210 e. The van der Waals surface area contributed by atoms with E-state index >= 15 is 0 Å². The zero-order valence-electron chi connectivity index (χ0n) is 8.84. The van der Waals surface area contributed by atoms with Crippen LogP contribution in [0.3, 0.4) is 0 Å². The highest BCUT2D eigenvalue weighted by Crippen LogP contribution is 2.13. The summed E-state index contributed by atoms with van der Waals surface area (Å²) < 4.78 is 1.79. The molecule has 2 heterocycles. The first-order valence-electron chi connectivity index (χ1n) is 5.01. The van der Waals surface area contributed by atoms with Crippen LogP contribution < -0.4 is 5.32 Å². The molecule has 4 nitrogen and oxygen atoms in total. The van der Waals surface area contributed by atoms with E-state index in [1.165, 1.54) is 0 Å². The van der Waals surface area contributed by atoms with Crippen LogP contribution in [-0.2, 0) is 0 Å². The van der Waals surface area contributed by atoms with Crippen LogP contribution in [-0.4, -0.2) is 20.8 Å². The summed E-state index contributed by atoms with van der Waals surface area (Å²) in [6, 6.07) is 2.41. The van der Waals surface area contributed by atoms with Gasteiger partial charge in [-0.1, -0.05) is 6.92 Å². The quantitative estimate of drug-likeness (QED) is 0.864. The van der Waals surface area contributed by atoms with Crippen molar-refractivity contribution in [3.8, 4) is 5.13 Å². The molecule has 0 saturated heterocycles. The van der Waals surface area contributed by atoms with Gasteiger partial charge in [0, 0.05) is 29.9 Å². The van der Waals surface area contributed by atoms with Crippen LogP contribution in [0, 0.1) is 0 Å². The maximum Gasteiger partial charge on any atom is 0.210 e. The topological polar surface area (TPSA) is 42.7 Å². The largest absolute Gasteiger partial charge is 0.366 e. The summed E-state index contributed by atoms with van der Waals surface area (Å²) in [7, 11) is 0. The lowest BCUT2D eigenvalue weighted by Crippen LogP contribution is -2.13. The average molecular weight is 222 g/mol. The Morgan fingerprint density at radius 3 is 3.13 bits per heavy atom. The molecule has 0 amide bonds. The summed E-state index contributed by atoms with van der Waals surface area (Å²) in [4.78, 5) is 4.19. The molecule has 0 aliphatic carbocycles. The maximum atomic E-state index is 4.39. The van der Waals surface area contributed by atoms with Crippen LogP contribution in [0.4, 0.5) is 5.82 Å². The molecule has 1 atom stereocenters. The van der Waals surface area contributed by atoms with Gasteiger partial charge in [0.1, 0.15) is 5.82 Å². The number of thiazole rings is 1. The van der Waals surface area contributed by atoms with Crippen molar-refractivity contribution < 1.29 is 0 Å². The molecular weight excluding hydrogens is 208 g/mol. The Balaban J connectivity index is 2.11. The van der Waals surface area contributed by atoms with Gasteiger partial charge in [0.05, 0.1) is 0 Å². The summed E-state index contributed by atoms with van der Waals surface area (Å²) in [6.45, 7) is 4.29. The summed E-state index contributed by atoms with van der Waals surface area (Å²) in [6.07, 6.45) is 4.79. The molecule has 0 fully saturated rings. The Kier molecular flexibility index (Phi) is 3.01. The zero-order valence-corrected chi connectivity index (χ0v) is 9.66. The summed E-state index contributed by atoms with van der Waals surface area (Å²) >= 11 is 1.58. The third kappa shape index (κ3) is 2.36. The molecule has 0 aliphatic rings. The van der Waals surface area contributed by atoms with Crippen molar-refractivity contribution in [1.82, 2.24) is 14.8 Å². The predicted octanol–water partition coefficient (Wildman–Crippen LogP) is 2.54. The highest BCUT2D eigenvalue weighted by Gasteiger charge is 2.04. The number of nitrogens with zero attached hydrogens (tertiary/aromatic N) is 3. The van der Waals surface area contributed by atoms with E-state index in [9.17, 15) is 0 Å². The van der Waals surface area contributed by atoms with Gasteiger partial charge in [0.25, 0.3) is 0 Å². The van der Waals surface area contributed by atoms with Crippen molar-refractivity contribution in [2.75, 3.05) is 5.32 Å². The summed E-state index contributed by atoms with van der Waals surface area (Å²) in [5.41, 5.74) is 0. The highest BCUT2D eigenvalue weighted by molar-refractivity contribution is 7.12. The van der Waals surface area contributed by atoms with Crippen molar-refractivity contribution in [3.63, 3.8) is 0 Å². The molecule has 0 spiro atoms. The number of rotatable bonds is 4. The van der Waals surface area contributed by atoms with Gasteiger partial charge in [-0.15, -0.1) is 16.4 Å². The lowest BCUT2D eigenvalue weighted by atomic mass is 10.3. The van der Waals surface area contributed by atoms with Gasteiger partial charge in [-0.3, -0.25) is 0 Å². The van der Waals surface area contributed by atoms with Gasteiger partial charge >= 0.3 is 0 Å². The Morgan fingerprint density at radius 2 is 2.47 bits per heavy atom. The Labute approximate surface area is 93.0 Å². The minimum atomic E-state index is 0.449. The molecule has 15 heavy (non-hydrogen) atoms. The Hall–Kier alpha value is -1.36. The molecular formula is C10H14N4S. The fraction of sp³-hybridized carbons (Fsp3) is 0.400. The van der Waals surface area contributed by atoms with E-state index in [1.54, 1.807) is 22.2 Å². The second kappa shape index (κ2) is 4.44. The Bertz CT molecular complexity index is 407. The molecule has 0 aliphatic heterocycles. The third-order valence-electron chi connectivity index (χ3n) is 2.21. The molecule has 0 bridgehead atoms. The number of hydrogen-bond donors (Lipinski definition) is 1. The van der Waals surface area contributed by atoms with Gasteiger partial charge in [-0.25, -0.2) is 9.67 Å². The van der Waals surface area contributed by atoms with Crippen molar-refractivity contribution >= 4 is 17.2 Å². The van der Waals surface area contributed by atoms with Crippen LogP contribution in [0.1, 0.15) is 20.3 Å². The molecule has 2 aromatic heterocycles. The first-order valence-corrected chi connectivity index (χ1v) is 5.89. The molecule has 0 saturated carbocycles. The molecule has 2 aromatic rings. The van der Waals surface area contributed by atoms with E-state index in [0.717, 1.165) is 17.4 Å². The molecule has 80 valence electrons. The fourth-order valence-corrected chi connectivity index (χ4v) is 1.77. The highest BCUT2D eigenvalue weighted by atomic mass is 32.1. The van der Waals surface area contributed by atoms with E-state index in [2.05, 4.69) is 29.2 Å². The second-order valence-electron chi connectivity index (χ2n) is 3.41. The van der Waals surface area contributed by atoms with Crippen LogP contribution in [0.15, 0.2) is 23.8 Å². The monoisotopic (exact) mass is 222 g/mol. The SMILES string of the molecule is CCC(C)Nc1ccn(-c2nccs2)n1. The van der Waals surface area contributed by atoms with E-state index in [0.29, 0.717) is 6.04 Å². The Morgan fingerprint density at radius 1 is 1.60 bits per heavy atom. The molecule has 1 N–H and O–H groups in total. The van der Waals surface area contributed by atoms with Gasteiger partial charge in [-0.05, 0) is 13.3 Å². The number of nitrogens with one attached hydrogen (secondary N) is 1. The second-order valence-corrected chi connectivity index (χ2v) is 4.29. The van der Waals surface area contributed by atoms with Crippen LogP contribution >= 0.6 is 11.3 Å². The van der Waals surface area contributed by atoms with Gasteiger partial charge < -0.3 is 5.32 Å². The molecule has 0 radical (unpaired) electrons. The van der Waals surface area contributed by atoms with E-state index < -0.39 is 0 Å². The van der Waals surface area contributed by atoms with Gasteiger partial charge in [0.15, 0.2) is 0 Å². The van der Waals surface area contributed by atoms with Crippen LogP contribution in [0.5, 0.6) is 0 Å². The number of aromatic nitrogens is 3. The van der Waals surface area contributed by atoms with Crippen LogP contribution in [0.2, 0.25) is 0 Å².